The lowest BCUT2D eigenvalue weighted by molar-refractivity contribution is 0.392. The molecule has 3 aromatic rings. The van der Waals surface area contributed by atoms with Crippen LogP contribution in [0.4, 0.5) is 5.95 Å². The Kier molecular flexibility index (Phi) is 2.78. The molecule has 0 bridgehead atoms. The van der Waals surface area contributed by atoms with E-state index in [2.05, 4.69) is 20.1 Å². The van der Waals surface area contributed by atoms with Gasteiger partial charge < -0.3 is 15.0 Å². The van der Waals surface area contributed by atoms with E-state index >= 15 is 0 Å². The van der Waals surface area contributed by atoms with Crippen LogP contribution in [0, 0.1) is 13.8 Å². The van der Waals surface area contributed by atoms with Crippen molar-refractivity contribution in [3.63, 3.8) is 0 Å². The SMILES string of the molecule is COc1ncnc2c1nc(N)n2Cc1c(C)noc1C. The number of fused-ring (bicyclic) bond motifs is 1. The molecule has 104 valence electrons. The molecule has 3 heterocycles. The summed E-state index contributed by atoms with van der Waals surface area (Å²) in [5.41, 5.74) is 8.92. The van der Waals surface area contributed by atoms with E-state index in [-0.39, 0.29) is 0 Å². The average molecular weight is 274 g/mol. The van der Waals surface area contributed by atoms with E-state index in [1.807, 2.05) is 13.8 Å². The number of aromatic nitrogens is 5. The third-order valence-electron chi connectivity index (χ3n) is 3.22. The van der Waals surface area contributed by atoms with Crippen LogP contribution in [0.15, 0.2) is 10.9 Å². The van der Waals surface area contributed by atoms with Crippen molar-refractivity contribution >= 4 is 17.1 Å². The van der Waals surface area contributed by atoms with Gasteiger partial charge in [0.05, 0.1) is 19.3 Å². The molecule has 3 rings (SSSR count). The fourth-order valence-electron chi connectivity index (χ4n) is 2.12. The number of nitrogens with zero attached hydrogens (tertiary/aromatic N) is 5. The van der Waals surface area contributed by atoms with Crippen LogP contribution in [0.3, 0.4) is 0 Å². The molecule has 20 heavy (non-hydrogen) atoms. The van der Waals surface area contributed by atoms with Crippen molar-refractivity contribution in [3.05, 3.63) is 23.3 Å². The first-order valence-corrected chi connectivity index (χ1v) is 6.04. The Hall–Kier alpha value is -2.64. The van der Waals surface area contributed by atoms with E-state index in [1.54, 1.807) is 4.57 Å². The molecule has 0 saturated carbocycles. The minimum absolute atomic E-state index is 0.346. The molecule has 0 aliphatic carbocycles. The maximum atomic E-state index is 5.97. The van der Waals surface area contributed by atoms with Crippen LogP contribution in [0.5, 0.6) is 5.88 Å². The molecule has 0 aliphatic heterocycles. The third-order valence-corrected chi connectivity index (χ3v) is 3.22. The van der Waals surface area contributed by atoms with Gasteiger partial charge in [0.1, 0.15) is 12.1 Å². The molecule has 0 aromatic carbocycles. The molecule has 2 N–H and O–H groups in total. The van der Waals surface area contributed by atoms with Crippen LogP contribution in [0.1, 0.15) is 17.0 Å². The van der Waals surface area contributed by atoms with Crippen molar-refractivity contribution in [3.8, 4) is 5.88 Å². The van der Waals surface area contributed by atoms with Crippen LogP contribution in [-0.4, -0.2) is 31.8 Å². The first-order valence-electron chi connectivity index (χ1n) is 6.04. The van der Waals surface area contributed by atoms with E-state index in [9.17, 15) is 0 Å². The molecule has 0 amide bonds. The Bertz CT molecular complexity index is 756. The Labute approximate surface area is 114 Å². The lowest BCUT2D eigenvalue weighted by Crippen LogP contribution is -2.06. The summed E-state index contributed by atoms with van der Waals surface area (Å²) < 4.78 is 12.1. The number of rotatable bonds is 3. The monoisotopic (exact) mass is 274 g/mol. The molecule has 0 atom stereocenters. The summed E-state index contributed by atoms with van der Waals surface area (Å²) >= 11 is 0. The average Bonchev–Trinajstić information content (AvgIpc) is 2.93. The van der Waals surface area contributed by atoms with Crippen molar-refractivity contribution in [1.29, 1.82) is 0 Å². The smallest absolute Gasteiger partial charge is 0.245 e. The van der Waals surface area contributed by atoms with Gasteiger partial charge in [0.15, 0.2) is 11.2 Å². The van der Waals surface area contributed by atoms with Gasteiger partial charge >= 0.3 is 0 Å². The van der Waals surface area contributed by atoms with Crippen LogP contribution in [0.2, 0.25) is 0 Å². The summed E-state index contributed by atoms with van der Waals surface area (Å²) in [7, 11) is 1.53. The molecule has 8 nitrogen and oxygen atoms in total. The van der Waals surface area contributed by atoms with Gasteiger partial charge in [-0.3, -0.25) is 4.57 Å². The second kappa shape index (κ2) is 4.48. The van der Waals surface area contributed by atoms with Crippen LogP contribution >= 0.6 is 0 Å². The van der Waals surface area contributed by atoms with Crippen molar-refractivity contribution in [2.24, 2.45) is 0 Å². The first kappa shape index (κ1) is 12.4. The molecule has 0 fully saturated rings. The fraction of sp³-hybridized carbons (Fsp3) is 0.333. The van der Waals surface area contributed by atoms with E-state index < -0.39 is 0 Å². The number of nitrogen functional groups attached to an aromatic ring is 1. The number of hydrogen-bond donors (Lipinski definition) is 1. The Balaban J connectivity index is 2.15. The Morgan fingerprint density at radius 1 is 1.35 bits per heavy atom. The highest BCUT2D eigenvalue weighted by Crippen LogP contribution is 2.24. The maximum absolute atomic E-state index is 5.97. The number of aryl methyl sites for hydroxylation is 2. The number of hydrogen-bond acceptors (Lipinski definition) is 7. The zero-order chi connectivity index (χ0) is 14.3. The summed E-state index contributed by atoms with van der Waals surface area (Å²) in [6.45, 7) is 4.24. The predicted molar refractivity (Wildman–Crippen MR) is 71.4 cm³/mol. The number of ether oxygens (including phenoxy) is 1. The van der Waals surface area contributed by atoms with Gasteiger partial charge in [0.25, 0.3) is 0 Å². The second-order valence-electron chi connectivity index (χ2n) is 4.41. The van der Waals surface area contributed by atoms with E-state index in [0.717, 1.165) is 17.0 Å². The summed E-state index contributed by atoms with van der Waals surface area (Å²) in [6, 6.07) is 0. The highest BCUT2D eigenvalue weighted by molar-refractivity contribution is 5.79. The molecule has 0 saturated heterocycles. The Morgan fingerprint density at radius 2 is 2.15 bits per heavy atom. The van der Waals surface area contributed by atoms with Gasteiger partial charge in [-0.05, 0) is 13.8 Å². The number of methoxy groups -OCH3 is 1. The Morgan fingerprint density at radius 3 is 2.80 bits per heavy atom. The van der Waals surface area contributed by atoms with Crippen molar-refractivity contribution < 1.29 is 9.26 Å². The quantitative estimate of drug-likeness (QED) is 0.761. The van der Waals surface area contributed by atoms with Crippen LogP contribution in [-0.2, 0) is 6.54 Å². The van der Waals surface area contributed by atoms with Gasteiger partial charge in [-0.25, -0.2) is 9.97 Å². The predicted octanol–water partition coefficient (Wildman–Crippen LogP) is 1.07. The lowest BCUT2D eigenvalue weighted by Gasteiger charge is -2.05. The number of nitrogens with two attached hydrogens (primary N) is 1. The van der Waals surface area contributed by atoms with Gasteiger partial charge in [-0.15, -0.1) is 0 Å². The van der Waals surface area contributed by atoms with Crippen molar-refractivity contribution in [2.45, 2.75) is 20.4 Å². The van der Waals surface area contributed by atoms with Gasteiger partial charge in [0.2, 0.25) is 11.8 Å². The summed E-state index contributed by atoms with van der Waals surface area (Å²) in [6.07, 6.45) is 1.42. The lowest BCUT2D eigenvalue weighted by atomic mass is 10.2. The van der Waals surface area contributed by atoms with Gasteiger partial charge in [-0.2, -0.15) is 4.98 Å². The van der Waals surface area contributed by atoms with Gasteiger partial charge in [-0.1, -0.05) is 5.16 Å². The maximum Gasteiger partial charge on any atom is 0.245 e. The number of anilines is 1. The standard InChI is InChI=1S/C12H14N6O2/c1-6-8(7(2)20-17-6)4-18-10-9(16-12(18)13)11(19-3)15-5-14-10/h5H,4H2,1-3H3,(H2,13,16). The van der Waals surface area contributed by atoms with Crippen LogP contribution < -0.4 is 10.5 Å². The van der Waals surface area contributed by atoms with Crippen LogP contribution in [0.25, 0.3) is 11.2 Å². The number of imidazole rings is 1. The summed E-state index contributed by atoms with van der Waals surface area (Å²) in [5, 5.41) is 3.93. The second-order valence-corrected chi connectivity index (χ2v) is 4.41. The van der Waals surface area contributed by atoms with E-state index in [4.69, 9.17) is 15.0 Å². The third kappa shape index (κ3) is 1.77. The first-order chi connectivity index (χ1) is 9.61. The highest BCUT2D eigenvalue weighted by Gasteiger charge is 2.17. The van der Waals surface area contributed by atoms with Gasteiger partial charge in [0, 0.05) is 5.56 Å². The highest BCUT2D eigenvalue weighted by atomic mass is 16.5. The fourth-order valence-corrected chi connectivity index (χ4v) is 2.12. The van der Waals surface area contributed by atoms with E-state index in [1.165, 1.54) is 13.4 Å². The zero-order valence-corrected chi connectivity index (χ0v) is 11.4. The molecule has 3 aromatic heterocycles. The molecule has 8 heteroatoms. The topological polar surface area (TPSA) is 105 Å². The molecule has 0 spiro atoms. The summed E-state index contributed by atoms with van der Waals surface area (Å²) in [5.74, 6) is 1.50. The molecular formula is C12H14N6O2. The molecule has 0 unspecified atom stereocenters. The molecular weight excluding hydrogens is 260 g/mol. The molecule has 0 radical (unpaired) electrons. The van der Waals surface area contributed by atoms with Crippen molar-refractivity contribution in [1.82, 2.24) is 24.7 Å². The largest absolute Gasteiger partial charge is 0.479 e. The molecule has 0 aliphatic rings. The summed E-state index contributed by atoms with van der Waals surface area (Å²) in [4.78, 5) is 12.5. The van der Waals surface area contributed by atoms with E-state index in [0.29, 0.717) is 29.5 Å². The minimum Gasteiger partial charge on any atom is -0.479 e. The van der Waals surface area contributed by atoms with Crippen molar-refractivity contribution in [2.75, 3.05) is 12.8 Å². The zero-order valence-electron chi connectivity index (χ0n) is 11.4. The minimum atomic E-state index is 0.346. The normalized spacial score (nSPS) is 11.2.